The number of pyridine rings is 1. The maximum absolute atomic E-state index is 12.7. The van der Waals surface area contributed by atoms with Crippen LogP contribution in [0.3, 0.4) is 0 Å². The quantitative estimate of drug-likeness (QED) is 0.521. The number of para-hydroxylation sites is 2. The molecule has 4 aromatic rings. The fourth-order valence-corrected chi connectivity index (χ4v) is 3.10. The van der Waals surface area contributed by atoms with Gasteiger partial charge in [-0.2, -0.15) is 4.68 Å². The minimum Gasteiger partial charge on any atom is -0.454 e. The molecule has 0 amide bonds. The Kier molecular flexibility index (Phi) is 4.33. The second kappa shape index (κ2) is 6.95. The molecule has 7 nitrogen and oxygen atoms in total. The molecular formula is C20H17N5O2. The maximum atomic E-state index is 12.7. The zero-order chi connectivity index (χ0) is 18.8. The first-order valence-electron chi connectivity index (χ1n) is 8.51. The Morgan fingerprint density at radius 2 is 1.78 bits per heavy atom. The number of tetrazole rings is 1. The first-order valence-corrected chi connectivity index (χ1v) is 8.51. The van der Waals surface area contributed by atoms with Gasteiger partial charge in [0, 0.05) is 5.39 Å². The van der Waals surface area contributed by atoms with Crippen LogP contribution in [0.5, 0.6) is 0 Å². The summed E-state index contributed by atoms with van der Waals surface area (Å²) in [5.74, 6) is 0.00414. The van der Waals surface area contributed by atoms with Gasteiger partial charge in [0.1, 0.15) is 0 Å². The molecule has 7 heteroatoms. The van der Waals surface area contributed by atoms with E-state index in [1.165, 1.54) is 0 Å². The van der Waals surface area contributed by atoms with Gasteiger partial charge in [-0.1, -0.05) is 36.4 Å². The number of aromatic nitrogens is 5. The average molecular weight is 359 g/mol. The minimum absolute atomic E-state index is 0.0353. The molecule has 0 radical (unpaired) electrons. The lowest BCUT2D eigenvalue weighted by molar-refractivity contribution is 0.0457. The van der Waals surface area contributed by atoms with Gasteiger partial charge in [-0.3, -0.25) is 4.98 Å². The minimum atomic E-state index is -0.439. The highest BCUT2D eigenvalue weighted by atomic mass is 16.5. The number of hydrogen-bond acceptors (Lipinski definition) is 6. The highest BCUT2D eigenvalue weighted by Crippen LogP contribution is 2.23. The van der Waals surface area contributed by atoms with Crippen LogP contribution in [0.2, 0.25) is 0 Å². The number of nitrogens with zero attached hydrogens (tertiary/aromatic N) is 5. The largest absolute Gasteiger partial charge is 0.454 e. The lowest BCUT2D eigenvalue weighted by Crippen LogP contribution is -2.13. The van der Waals surface area contributed by atoms with Gasteiger partial charge in [-0.25, -0.2) is 4.79 Å². The van der Waals surface area contributed by atoms with Crippen molar-refractivity contribution in [2.45, 2.75) is 20.5 Å². The number of hydrogen-bond donors (Lipinski definition) is 0. The third kappa shape index (κ3) is 3.15. The molecule has 0 fully saturated rings. The van der Waals surface area contributed by atoms with Crippen LogP contribution in [0.25, 0.3) is 16.6 Å². The molecule has 27 heavy (non-hydrogen) atoms. The molecule has 0 aliphatic carbocycles. The number of benzene rings is 2. The third-order valence-corrected chi connectivity index (χ3v) is 4.40. The molecule has 0 saturated heterocycles. The van der Waals surface area contributed by atoms with E-state index in [2.05, 4.69) is 20.5 Å². The molecule has 2 aromatic heterocycles. The van der Waals surface area contributed by atoms with Gasteiger partial charge < -0.3 is 4.74 Å². The van der Waals surface area contributed by atoms with Gasteiger partial charge in [-0.05, 0) is 48.0 Å². The smallest absolute Gasteiger partial charge is 0.340 e. The van der Waals surface area contributed by atoms with Crippen molar-refractivity contribution >= 4 is 16.9 Å². The number of carbonyl (C=O) groups is 1. The van der Waals surface area contributed by atoms with Crippen LogP contribution in [0.4, 0.5) is 0 Å². The summed E-state index contributed by atoms with van der Waals surface area (Å²) >= 11 is 0. The number of aryl methyl sites for hydroxylation is 2. The van der Waals surface area contributed by atoms with Crippen LogP contribution in [0, 0.1) is 13.8 Å². The van der Waals surface area contributed by atoms with Crippen molar-refractivity contribution < 1.29 is 9.53 Å². The van der Waals surface area contributed by atoms with Crippen molar-refractivity contribution in [1.82, 2.24) is 25.2 Å². The number of esters is 1. The molecule has 0 atom stereocenters. The van der Waals surface area contributed by atoms with E-state index in [1.807, 2.05) is 68.4 Å². The number of fused-ring (bicyclic) bond motifs is 1. The van der Waals surface area contributed by atoms with E-state index >= 15 is 0 Å². The van der Waals surface area contributed by atoms with E-state index in [0.29, 0.717) is 17.1 Å². The Balaban J connectivity index is 1.60. The second-order valence-electron chi connectivity index (χ2n) is 6.13. The topological polar surface area (TPSA) is 82.8 Å². The van der Waals surface area contributed by atoms with Gasteiger partial charge in [0.25, 0.3) is 0 Å². The first-order chi connectivity index (χ1) is 13.1. The van der Waals surface area contributed by atoms with Gasteiger partial charge in [-0.15, -0.1) is 5.10 Å². The first kappa shape index (κ1) is 16.8. The van der Waals surface area contributed by atoms with Crippen LogP contribution in [0.1, 0.15) is 27.4 Å². The van der Waals surface area contributed by atoms with Crippen molar-refractivity contribution in [2.24, 2.45) is 0 Å². The van der Waals surface area contributed by atoms with E-state index in [0.717, 1.165) is 22.2 Å². The summed E-state index contributed by atoms with van der Waals surface area (Å²) in [4.78, 5) is 17.3. The fraction of sp³-hybridized carbons (Fsp3) is 0.150. The van der Waals surface area contributed by atoms with Crippen molar-refractivity contribution in [3.05, 3.63) is 77.2 Å². The zero-order valence-electron chi connectivity index (χ0n) is 15.0. The Morgan fingerprint density at radius 3 is 2.59 bits per heavy atom. The third-order valence-electron chi connectivity index (χ3n) is 4.40. The van der Waals surface area contributed by atoms with Gasteiger partial charge in [0.2, 0.25) is 0 Å². The Morgan fingerprint density at radius 1 is 1.04 bits per heavy atom. The number of ether oxygens (including phenoxy) is 1. The molecule has 0 unspecified atom stereocenters. The summed E-state index contributed by atoms with van der Waals surface area (Å²) in [6.45, 7) is 3.68. The Bertz CT molecular complexity index is 1120. The molecule has 0 aliphatic rings. The van der Waals surface area contributed by atoms with Gasteiger partial charge >= 0.3 is 5.97 Å². The summed E-state index contributed by atoms with van der Waals surface area (Å²) in [5.41, 5.74) is 3.63. The molecular weight excluding hydrogens is 342 g/mol. The van der Waals surface area contributed by atoms with Crippen LogP contribution in [-0.2, 0) is 11.3 Å². The van der Waals surface area contributed by atoms with Crippen LogP contribution in [0.15, 0.2) is 54.6 Å². The summed E-state index contributed by atoms with van der Waals surface area (Å²) in [7, 11) is 0. The van der Waals surface area contributed by atoms with E-state index in [9.17, 15) is 4.79 Å². The molecule has 0 bridgehead atoms. The van der Waals surface area contributed by atoms with Crippen LogP contribution >= 0.6 is 0 Å². The highest BCUT2D eigenvalue weighted by molar-refractivity contribution is 5.98. The summed E-state index contributed by atoms with van der Waals surface area (Å²) < 4.78 is 7.05. The van der Waals surface area contributed by atoms with E-state index in [1.54, 1.807) is 4.68 Å². The Hall–Kier alpha value is -3.61. The molecule has 0 saturated carbocycles. The summed E-state index contributed by atoms with van der Waals surface area (Å²) in [6, 6.07) is 17.2. The predicted molar refractivity (Wildman–Crippen MR) is 99.5 cm³/mol. The second-order valence-corrected chi connectivity index (χ2v) is 6.13. The predicted octanol–water partition coefficient (Wildman–Crippen LogP) is 3.18. The molecule has 0 aliphatic heterocycles. The lowest BCUT2D eigenvalue weighted by Gasteiger charge is -2.12. The van der Waals surface area contributed by atoms with Gasteiger partial charge in [0.15, 0.2) is 12.4 Å². The van der Waals surface area contributed by atoms with E-state index < -0.39 is 5.97 Å². The summed E-state index contributed by atoms with van der Waals surface area (Å²) in [6.07, 6.45) is 0. The molecule has 2 aromatic carbocycles. The SMILES string of the molecule is Cc1nc2ccccc2c(C)c1C(=O)OCc1nnnn1-c1ccccc1. The van der Waals surface area contributed by atoms with Crippen molar-refractivity contribution in [3.63, 3.8) is 0 Å². The lowest BCUT2D eigenvalue weighted by atomic mass is 10.0. The normalized spacial score (nSPS) is 10.9. The highest BCUT2D eigenvalue weighted by Gasteiger charge is 2.19. The number of carbonyl (C=O) groups excluding carboxylic acids is 1. The molecule has 134 valence electrons. The van der Waals surface area contributed by atoms with E-state index in [-0.39, 0.29) is 6.61 Å². The van der Waals surface area contributed by atoms with E-state index in [4.69, 9.17) is 4.74 Å². The molecule has 0 N–H and O–H groups in total. The van der Waals surface area contributed by atoms with Crippen molar-refractivity contribution in [3.8, 4) is 5.69 Å². The van der Waals surface area contributed by atoms with Crippen LogP contribution < -0.4 is 0 Å². The molecule has 0 spiro atoms. The zero-order valence-corrected chi connectivity index (χ0v) is 15.0. The maximum Gasteiger partial charge on any atom is 0.340 e. The Labute approximate surface area is 155 Å². The van der Waals surface area contributed by atoms with Crippen molar-refractivity contribution in [1.29, 1.82) is 0 Å². The average Bonchev–Trinajstić information content (AvgIpc) is 3.16. The molecule has 2 heterocycles. The van der Waals surface area contributed by atoms with Gasteiger partial charge in [0.05, 0.1) is 22.5 Å². The summed E-state index contributed by atoms with van der Waals surface area (Å²) in [5, 5.41) is 12.5. The van der Waals surface area contributed by atoms with Crippen LogP contribution in [-0.4, -0.2) is 31.2 Å². The number of rotatable bonds is 4. The van der Waals surface area contributed by atoms with Crippen molar-refractivity contribution in [2.75, 3.05) is 0 Å². The standard InChI is InChI=1S/C20H17N5O2/c1-13-16-10-6-7-11-17(16)21-14(2)19(13)20(26)27-12-18-22-23-24-25(18)15-8-4-3-5-9-15/h3-11H,12H2,1-2H3. The fourth-order valence-electron chi connectivity index (χ4n) is 3.10. The monoisotopic (exact) mass is 359 g/mol. The molecule has 4 rings (SSSR count).